The molecule has 0 aromatic carbocycles. The smallest absolute Gasteiger partial charge is 0.388 e. The predicted molar refractivity (Wildman–Crippen MR) is 55.3 cm³/mol. The van der Waals surface area contributed by atoms with Gasteiger partial charge >= 0.3 is 12.0 Å². The summed E-state index contributed by atoms with van der Waals surface area (Å²) in [7, 11) is -0.0292. The maximum Gasteiger partial charge on any atom is 0.574 e. The molecule has 0 radical (unpaired) electrons. The highest BCUT2D eigenvalue weighted by molar-refractivity contribution is 8.13. The van der Waals surface area contributed by atoms with Gasteiger partial charge in [0.05, 0.1) is 4.92 Å². The SMILES string of the molecule is N#Cc1cc(OC(F)(F)F)nc(S(=O)(=O)Cl)c1[N+](=O)[O-]. The van der Waals surface area contributed by atoms with E-state index in [4.69, 9.17) is 15.9 Å². The fraction of sp³-hybridized carbons (Fsp3) is 0.143. The molecular formula is C7HClF3N3O5S. The Hall–Kier alpha value is -2.13. The Morgan fingerprint density at radius 2 is 2.05 bits per heavy atom. The van der Waals surface area contributed by atoms with Crippen LogP contribution in [-0.2, 0) is 9.05 Å². The quantitative estimate of drug-likeness (QED) is 0.469. The summed E-state index contributed by atoms with van der Waals surface area (Å²) in [4.78, 5) is 12.2. The maximum atomic E-state index is 12.0. The van der Waals surface area contributed by atoms with Gasteiger partial charge in [-0.2, -0.15) is 10.2 Å². The lowest BCUT2D eigenvalue weighted by Crippen LogP contribution is -2.19. The fourth-order valence-electron chi connectivity index (χ4n) is 1.09. The van der Waals surface area contributed by atoms with Crippen LogP contribution in [0, 0.1) is 21.4 Å². The molecule has 0 fully saturated rings. The van der Waals surface area contributed by atoms with Crippen LogP contribution < -0.4 is 4.74 Å². The van der Waals surface area contributed by atoms with E-state index >= 15 is 0 Å². The molecule has 0 aliphatic rings. The lowest BCUT2D eigenvalue weighted by atomic mass is 10.2. The van der Waals surface area contributed by atoms with Gasteiger partial charge in [0, 0.05) is 16.7 Å². The van der Waals surface area contributed by atoms with Gasteiger partial charge in [-0.3, -0.25) is 10.1 Å². The van der Waals surface area contributed by atoms with Crippen molar-refractivity contribution in [1.82, 2.24) is 4.98 Å². The minimum Gasteiger partial charge on any atom is -0.388 e. The van der Waals surface area contributed by atoms with Gasteiger partial charge in [-0.25, -0.2) is 8.42 Å². The van der Waals surface area contributed by atoms with Crippen LogP contribution in [-0.4, -0.2) is 24.7 Å². The first-order chi connectivity index (χ1) is 8.95. The number of aromatic nitrogens is 1. The highest BCUT2D eigenvalue weighted by atomic mass is 35.7. The zero-order valence-corrected chi connectivity index (χ0v) is 10.5. The molecule has 13 heteroatoms. The molecule has 0 aliphatic carbocycles. The zero-order chi connectivity index (χ0) is 15.7. The van der Waals surface area contributed by atoms with E-state index in [-0.39, 0.29) is 6.07 Å². The third-order valence-corrected chi connectivity index (χ3v) is 2.88. The van der Waals surface area contributed by atoms with Crippen molar-refractivity contribution in [1.29, 1.82) is 5.26 Å². The molecule has 0 bridgehead atoms. The second kappa shape index (κ2) is 5.10. The summed E-state index contributed by atoms with van der Waals surface area (Å²) in [5.41, 5.74) is -2.33. The summed E-state index contributed by atoms with van der Waals surface area (Å²) in [6, 6.07) is 1.44. The van der Waals surface area contributed by atoms with Gasteiger partial charge in [0.2, 0.25) is 5.88 Å². The van der Waals surface area contributed by atoms with E-state index in [9.17, 15) is 31.7 Å². The number of alkyl halides is 3. The lowest BCUT2D eigenvalue weighted by Gasteiger charge is -2.09. The first-order valence-electron chi connectivity index (χ1n) is 4.25. The zero-order valence-electron chi connectivity index (χ0n) is 8.88. The summed E-state index contributed by atoms with van der Waals surface area (Å²) in [6.45, 7) is 0. The Kier molecular flexibility index (Phi) is 4.06. The number of halogens is 4. The van der Waals surface area contributed by atoms with Gasteiger partial charge in [0.15, 0.2) is 0 Å². The molecule has 1 aromatic heterocycles. The molecule has 0 amide bonds. The topological polar surface area (TPSA) is 123 Å². The molecule has 0 N–H and O–H groups in total. The van der Waals surface area contributed by atoms with Crippen molar-refractivity contribution in [3.05, 3.63) is 21.7 Å². The first kappa shape index (κ1) is 15.9. The van der Waals surface area contributed by atoms with E-state index < -0.39 is 42.5 Å². The largest absolute Gasteiger partial charge is 0.574 e. The minimum absolute atomic E-state index is 0.275. The van der Waals surface area contributed by atoms with E-state index in [1.54, 1.807) is 0 Å². The molecule has 20 heavy (non-hydrogen) atoms. The Bertz CT molecular complexity index is 712. The summed E-state index contributed by atoms with van der Waals surface area (Å²) in [5.74, 6) is -1.36. The van der Waals surface area contributed by atoms with Gasteiger partial charge < -0.3 is 4.74 Å². The van der Waals surface area contributed by atoms with Crippen molar-refractivity contribution in [2.24, 2.45) is 0 Å². The van der Waals surface area contributed by atoms with Gasteiger partial charge in [-0.05, 0) is 0 Å². The second-order valence-electron chi connectivity index (χ2n) is 3.02. The number of ether oxygens (including phenoxy) is 1. The van der Waals surface area contributed by atoms with Gasteiger partial charge in [-0.1, -0.05) is 0 Å². The molecule has 108 valence electrons. The van der Waals surface area contributed by atoms with Crippen molar-refractivity contribution in [3.63, 3.8) is 0 Å². The fourth-order valence-corrected chi connectivity index (χ4v) is 2.03. The van der Waals surface area contributed by atoms with Crippen LogP contribution in [0.15, 0.2) is 11.1 Å². The van der Waals surface area contributed by atoms with E-state index in [0.717, 1.165) is 6.07 Å². The highest BCUT2D eigenvalue weighted by Gasteiger charge is 2.36. The van der Waals surface area contributed by atoms with Crippen molar-refractivity contribution < 1.29 is 31.2 Å². The van der Waals surface area contributed by atoms with Crippen molar-refractivity contribution in [3.8, 4) is 11.9 Å². The van der Waals surface area contributed by atoms with Crippen LogP contribution in [0.4, 0.5) is 18.9 Å². The van der Waals surface area contributed by atoms with E-state index in [0.29, 0.717) is 0 Å². The molecule has 0 unspecified atom stereocenters. The van der Waals surface area contributed by atoms with Crippen LogP contribution in [0.1, 0.15) is 5.56 Å². The monoisotopic (exact) mass is 331 g/mol. The third-order valence-electron chi connectivity index (χ3n) is 1.69. The maximum absolute atomic E-state index is 12.0. The minimum atomic E-state index is -5.23. The van der Waals surface area contributed by atoms with E-state index in [1.807, 2.05) is 0 Å². The lowest BCUT2D eigenvalue weighted by molar-refractivity contribution is -0.388. The Morgan fingerprint density at radius 3 is 2.40 bits per heavy atom. The highest BCUT2D eigenvalue weighted by Crippen LogP contribution is 2.32. The second-order valence-corrected chi connectivity index (χ2v) is 5.50. The number of nitro groups is 1. The third kappa shape index (κ3) is 3.68. The first-order valence-corrected chi connectivity index (χ1v) is 6.56. The van der Waals surface area contributed by atoms with Crippen molar-refractivity contribution in [2.45, 2.75) is 11.4 Å². The van der Waals surface area contributed by atoms with Crippen LogP contribution >= 0.6 is 10.7 Å². The number of rotatable bonds is 3. The van der Waals surface area contributed by atoms with Gasteiger partial charge in [0.1, 0.15) is 11.6 Å². The summed E-state index contributed by atoms with van der Waals surface area (Å²) in [5, 5.41) is 17.8. The Balaban J connectivity index is 3.67. The molecule has 8 nitrogen and oxygen atoms in total. The van der Waals surface area contributed by atoms with Crippen LogP contribution in [0.25, 0.3) is 0 Å². The molecule has 1 heterocycles. The summed E-state index contributed by atoms with van der Waals surface area (Å²) >= 11 is 0. The Labute approximate surface area is 112 Å². The molecule has 1 aromatic rings. The van der Waals surface area contributed by atoms with Gasteiger partial charge in [0.25, 0.3) is 14.1 Å². The van der Waals surface area contributed by atoms with Crippen molar-refractivity contribution in [2.75, 3.05) is 0 Å². The summed E-state index contributed by atoms with van der Waals surface area (Å²) in [6.07, 6.45) is -5.23. The predicted octanol–water partition coefficient (Wildman–Crippen LogP) is 1.69. The van der Waals surface area contributed by atoms with E-state index in [1.165, 1.54) is 0 Å². The number of pyridine rings is 1. The number of hydrogen-bond acceptors (Lipinski definition) is 7. The molecule has 0 spiro atoms. The van der Waals surface area contributed by atoms with E-state index in [2.05, 4.69) is 9.72 Å². The molecule has 1 rings (SSSR count). The normalized spacial score (nSPS) is 11.8. The number of hydrogen-bond donors (Lipinski definition) is 0. The summed E-state index contributed by atoms with van der Waals surface area (Å²) < 4.78 is 61.5. The molecule has 0 saturated carbocycles. The average Bonchev–Trinajstić information content (AvgIpc) is 2.23. The molecular weight excluding hydrogens is 331 g/mol. The van der Waals surface area contributed by atoms with Crippen LogP contribution in [0.3, 0.4) is 0 Å². The Morgan fingerprint density at radius 1 is 1.50 bits per heavy atom. The standard InChI is InChI=1S/C7HClF3N3O5S/c8-20(17,18)6-5(14(15)16)3(2-12)1-4(13-6)19-7(9,10)11/h1H. The molecule has 0 saturated heterocycles. The average molecular weight is 332 g/mol. The van der Waals surface area contributed by atoms with Crippen LogP contribution in [0.5, 0.6) is 5.88 Å². The molecule has 0 aliphatic heterocycles. The van der Waals surface area contributed by atoms with Crippen LogP contribution in [0.2, 0.25) is 0 Å². The molecule has 0 atom stereocenters. The number of nitriles is 1. The van der Waals surface area contributed by atoms with Gasteiger partial charge in [-0.15, -0.1) is 13.2 Å². The van der Waals surface area contributed by atoms with Crippen molar-refractivity contribution >= 4 is 25.4 Å². The number of nitrogens with zero attached hydrogens (tertiary/aromatic N) is 3.